The Hall–Kier alpha value is -2.29. The first-order valence-corrected chi connectivity index (χ1v) is 10.3. The van der Waals surface area contributed by atoms with Crippen LogP contribution in [0.3, 0.4) is 0 Å². The van der Waals surface area contributed by atoms with E-state index in [0.29, 0.717) is 5.69 Å². The minimum Gasteiger partial charge on any atom is -0.462 e. The van der Waals surface area contributed by atoms with Gasteiger partial charge in [0.2, 0.25) is 10.0 Å². The maximum absolute atomic E-state index is 12.5. The van der Waals surface area contributed by atoms with E-state index in [2.05, 4.69) is 10.0 Å². The third-order valence-corrected chi connectivity index (χ3v) is 4.49. The normalized spacial score (nSPS) is 11.0. The van der Waals surface area contributed by atoms with E-state index in [9.17, 15) is 18.0 Å². The molecule has 144 valence electrons. The van der Waals surface area contributed by atoms with E-state index in [4.69, 9.17) is 27.9 Å². The van der Waals surface area contributed by atoms with Crippen molar-refractivity contribution in [2.75, 3.05) is 22.9 Å². The van der Waals surface area contributed by atoms with Gasteiger partial charge in [-0.3, -0.25) is 9.52 Å². The summed E-state index contributed by atoms with van der Waals surface area (Å²) in [5, 5.41) is 2.85. The molecule has 0 saturated heterocycles. The first-order valence-electron chi connectivity index (χ1n) is 7.66. The molecule has 0 bridgehead atoms. The largest absolute Gasteiger partial charge is 0.462 e. The van der Waals surface area contributed by atoms with Crippen LogP contribution in [0.5, 0.6) is 0 Å². The molecule has 0 atom stereocenters. The van der Waals surface area contributed by atoms with Crippen LogP contribution in [0.1, 0.15) is 27.6 Å². The number of anilines is 2. The van der Waals surface area contributed by atoms with Gasteiger partial charge in [-0.15, -0.1) is 0 Å². The quantitative estimate of drug-likeness (QED) is 0.678. The fraction of sp³-hybridized carbons (Fsp3) is 0.176. The van der Waals surface area contributed by atoms with Crippen LogP contribution >= 0.6 is 23.2 Å². The Kier molecular flexibility index (Phi) is 6.69. The summed E-state index contributed by atoms with van der Waals surface area (Å²) in [6.07, 6.45) is 0.994. The van der Waals surface area contributed by atoms with Gasteiger partial charge in [-0.2, -0.15) is 0 Å². The van der Waals surface area contributed by atoms with Gasteiger partial charge in [-0.05, 0) is 43.3 Å². The molecule has 0 saturated carbocycles. The topological polar surface area (TPSA) is 102 Å². The fourth-order valence-electron chi connectivity index (χ4n) is 2.14. The van der Waals surface area contributed by atoms with Crippen LogP contribution in [0.25, 0.3) is 0 Å². The zero-order valence-corrected chi connectivity index (χ0v) is 16.7. The van der Waals surface area contributed by atoms with Crippen molar-refractivity contribution in [3.8, 4) is 0 Å². The highest BCUT2D eigenvalue weighted by atomic mass is 35.5. The number of sulfonamides is 1. The number of benzene rings is 2. The van der Waals surface area contributed by atoms with E-state index in [1.165, 1.54) is 36.4 Å². The summed E-state index contributed by atoms with van der Waals surface area (Å²) in [5.41, 5.74) is 0.767. The number of rotatable bonds is 6. The number of esters is 1. The fourth-order valence-corrected chi connectivity index (χ4v) is 3.16. The number of ether oxygens (including phenoxy) is 1. The van der Waals surface area contributed by atoms with Crippen molar-refractivity contribution in [3.05, 3.63) is 57.6 Å². The van der Waals surface area contributed by atoms with Gasteiger partial charge >= 0.3 is 5.97 Å². The van der Waals surface area contributed by atoms with E-state index in [0.717, 1.165) is 6.26 Å². The average Bonchev–Trinajstić information content (AvgIpc) is 2.55. The standard InChI is InChI=1S/C17H16Cl2N2O5S/c1-3-26-17(23)12-6-4-10(9-15(12)19)20-16(22)13-8-11(5-7-14(13)18)21-27(2,24)25/h4-9,21H,3H2,1-2H3,(H,20,22). The lowest BCUT2D eigenvalue weighted by Crippen LogP contribution is -2.15. The number of carbonyl (C=O) groups is 2. The van der Waals surface area contributed by atoms with E-state index in [1.54, 1.807) is 6.92 Å². The highest BCUT2D eigenvalue weighted by Crippen LogP contribution is 2.25. The second-order valence-corrected chi connectivity index (χ2v) is 8.00. The highest BCUT2D eigenvalue weighted by molar-refractivity contribution is 7.92. The van der Waals surface area contributed by atoms with Crippen molar-refractivity contribution in [1.29, 1.82) is 0 Å². The molecule has 1 amide bonds. The average molecular weight is 431 g/mol. The van der Waals surface area contributed by atoms with Gasteiger partial charge in [-0.25, -0.2) is 13.2 Å². The molecule has 0 aromatic heterocycles. The summed E-state index contributed by atoms with van der Waals surface area (Å²) in [6, 6.07) is 8.47. The molecular formula is C17H16Cl2N2O5S. The van der Waals surface area contributed by atoms with Crippen LogP contribution < -0.4 is 10.0 Å². The smallest absolute Gasteiger partial charge is 0.339 e. The molecule has 0 heterocycles. The number of hydrogen-bond acceptors (Lipinski definition) is 5. The number of carbonyl (C=O) groups excluding carboxylic acids is 2. The molecule has 0 aliphatic carbocycles. The maximum Gasteiger partial charge on any atom is 0.339 e. The monoisotopic (exact) mass is 430 g/mol. The highest BCUT2D eigenvalue weighted by Gasteiger charge is 2.16. The Morgan fingerprint density at radius 1 is 1.00 bits per heavy atom. The second-order valence-electron chi connectivity index (χ2n) is 5.44. The molecule has 10 heteroatoms. The first-order chi connectivity index (χ1) is 12.6. The number of amides is 1. The summed E-state index contributed by atoms with van der Waals surface area (Å²) in [6.45, 7) is 1.89. The molecule has 0 radical (unpaired) electrons. The molecule has 2 aromatic rings. The van der Waals surface area contributed by atoms with E-state index < -0.39 is 21.9 Å². The van der Waals surface area contributed by atoms with E-state index >= 15 is 0 Å². The summed E-state index contributed by atoms with van der Waals surface area (Å²) < 4.78 is 29.8. The van der Waals surface area contributed by atoms with Gasteiger partial charge in [0, 0.05) is 11.4 Å². The lowest BCUT2D eigenvalue weighted by Gasteiger charge is -2.11. The summed E-state index contributed by atoms with van der Waals surface area (Å²) in [7, 11) is -3.50. The van der Waals surface area contributed by atoms with Gasteiger partial charge in [0.25, 0.3) is 5.91 Å². The Labute approximate surface area is 166 Å². The number of hydrogen-bond donors (Lipinski definition) is 2. The van der Waals surface area contributed by atoms with Gasteiger partial charge in [0.15, 0.2) is 0 Å². The lowest BCUT2D eigenvalue weighted by atomic mass is 10.1. The zero-order valence-electron chi connectivity index (χ0n) is 14.4. The van der Waals surface area contributed by atoms with Crippen LogP contribution in [-0.4, -0.2) is 33.2 Å². The van der Waals surface area contributed by atoms with E-state index in [1.807, 2.05) is 0 Å². The third kappa shape index (κ3) is 5.85. The van der Waals surface area contributed by atoms with Crippen LogP contribution in [-0.2, 0) is 14.8 Å². The van der Waals surface area contributed by atoms with Crippen molar-refractivity contribution >= 4 is 56.5 Å². The summed E-state index contributed by atoms with van der Waals surface area (Å²) in [5.74, 6) is -1.14. The maximum atomic E-state index is 12.5. The Balaban J connectivity index is 2.23. The van der Waals surface area contributed by atoms with Gasteiger partial charge < -0.3 is 10.1 Å². The lowest BCUT2D eigenvalue weighted by molar-refractivity contribution is 0.0526. The van der Waals surface area contributed by atoms with E-state index in [-0.39, 0.29) is 33.5 Å². The molecule has 2 rings (SSSR count). The number of halogens is 2. The van der Waals surface area contributed by atoms with Gasteiger partial charge in [-0.1, -0.05) is 23.2 Å². The Morgan fingerprint density at radius 2 is 1.67 bits per heavy atom. The molecule has 0 aliphatic heterocycles. The molecule has 2 aromatic carbocycles. The molecule has 2 N–H and O–H groups in total. The van der Waals surface area contributed by atoms with Crippen LogP contribution in [0.4, 0.5) is 11.4 Å². The third-order valence-electron chi connectivity index (χ3n) is 3.24. The van der Waals surface area contributed by atoms with Gasteiger partial charge in [0.1, 0.15) is 0 Å². The zero-order chi connectivity index (χ0) is 20.2. The molecule has 0 spiro atoms. The molecule has 0 fully saturated rings. The van der Waals surface area contributed by atoms with Crippen LogP contribution in [0.2, 0.25) is 10.0 Å². The number of nitrogens with one attached hydrogen (secondary N) is 2. The second kappa shape index (κ2) is 8.60. The molecule has 0 unspecified atom stereocenters. The molecule has 27 heavy (non-hydrogen) atoms. The molecular weight excluding hydrogens is 415 g/mol. The molecule has 7 nitrogen and oxygen atoms in total. The predicted molar refractivity (Wildman–Crippen MR) is 105 cm³/mol. The van der Waals surface area contributed by atoms with Crippen molar-refractivity contribution in [2.24, 2.45) is 0 Å². The van der Waals surface area contributed by atoms with Crippen LogP contribution in [0, 0.1) is 0 Å². The summed E-state index contributed by atoms with van der Waals surface area (Å²) in [4.78, 5) is 24.2. The Morgan fingerprint density at radius 3 is 2.26 bits per heavy atom. The van der Waals surface area contributed by atoms with Crippen molar-refractivity contribution < 1.29 is 22.7 Å². The van der Waals surface area contributed by atoms with Crippen molar-refractivity contribution in [3.63, 3.8) is 0 Å². The van der Waals surface area contributed by atoms with Crippen molar-refractivity contribution in [1.82, 2.24) is 0 Å². The predicted octanol–water partition coefficient (Wildman–Crippen LogP) is 3.79. The molecule has 0 aliphatic rings. The Bertz CT molecular complexity index is 993. The minimum atomic E-state index is -3.50. The van der Waals surface area contributed by atoms with Gasteiger partial charge in [0.05, 0.1) is 34.0 Å². The minimum absolute atomic E-state index is 0.0657. The SMILES string of the molecule is CCOC(=O)c1ccc(NC(=O)c2cc(NS(C)(=O)=O)ccc2Cl)cc1Cl. The first kappa shape index (κ1) is 21.0. The van der Waals surface area contributed by atoms with Crippen molar-refractivity contribution in [2.45, 2.75) is 6.92 Å². The van der Waals surface area contributed by atoms with Crippen LogP contribution in [0.15, 0.2) is 36.4 Å². The summed E-state index contributed by atoms with van der Waals surface area (Å²) >= 11 is 12.1.